The van der Waals surface area contributed by atoms with E-state index in [-0.39, 0.29) is 23.2 Å². The van der Waals surface area contributed by atoms with Gasteiger partial charge in [-0.1, -0.05) is 0 Å². The first-order valence-electron chi connectivity index (χ1n) is 6.72. The Morgan fingerprint density at radius 3 is 2.80 bits per heavy atom. The van der Waals surface area contributed by atoms with Crippen LogP contribution in [-0.2, 0) is 11.8 Å². The van der Waals surface area contributed by atoms with Gasteiger partial charge in [0, 0.05) is 38.8 Å². The van der Waals surface area contributed by atoms with E-state index in [2.05, 4.69) is 22.2 Å². The van der Waals surface area contributed by atoms with Crippen LogP contribution in [0.5, 0.6) is 0 Å². The molecule has 1 saturated heterocycles. The molecule has 7 heteroatoms. The zero-order chi connectivity index (χ0) is 14.5. The SMILES string of the molecule is C[C@H](CNC(=O)c1ccc(=O)n(C)n1)N1CCOCC1. The number of carbonyl (C=O) groups excluding carboxylic acids is 1. The molecule has 2 rings (SSSR count). The second kappa shape index (κ2) is 6.62. The van der Waals surface area contributed by atoms with Gasteiger partial charge in [0.2, 0.25) is 0 Å². The van der Waals surface area contributed by atoms with E-state index in [9.17, 15) is 9.59 Å². The van der Waals surface area contributed by atoms with E-state index in [1.807, 2.05) is 0 Å². The standard InChI is InChI=1S/C13H20N4O3/c1-10(17-5-7-20-8-6-17)9-14-13(19)11-3-4-12(18)16(2)15-11/h3-4,10H,5-9H2,1-2H3,(H,14,19)/t10-/m1/s1. The summed E-state index contributed by atoms with van der Waals surface area (Å²) in [6.07, 6.45) is 0. The summed E-state index contributed by atoms with van der Waals surface area (Å²) in [6.45, 7) is 5.86. The smallest absolute Gasteiger partial charge is 0.271 e. The zero-order valence-corrected chi connectivity index (χ0v) is 11.8. The summed E-state index contributed by atoms with van der Waals surface area (Å²) in [4.78, 5) is 25.5. The lowest BCUT2D eigenvalue weighted by Crippen LogP contribution is -2.47. The van der Waals surface area contributed by atoms with Gasteiger partial charge in [0.05, 0.1) is 13.2 Å². The van der Waals surface area contributed by atoms with Crippen molar-refractivity contribution in [2.24, 2.45) is 7.05 Å². The quantitative estimate of drug-likeness (QED) is 0.784. The number of nitrogens with zero attached hydrogens (tertiary/aromatic N) is 3. The second-order valence-corrected chi connectivity index (χ2v) is 4.89. The Bertz CT molecular complexity index is 523. The minimum Gasteiger partial charge on any atom is -0.379 e. The molecule has 0 radical (unpaired) electrons. The summed E-state index contributed by atoms with van der Waals surface area (Å²) < 4.78 is 6.45. The number of aryl methyl sites for hydroxylation is 1. The molecule has 0 spiro atoms. The van der Waals surface area contributed by atoms with Crippen molar-refractivity contribution in [1.82, 2.24) is 20.0 Å². The molecule has 1 amide bonds. The van der Waals surface area contributed by atoms with E-state index >= 15 is 0 Å². The zero-order valence-electron chi connectivity index (χ0n) is 11.8. The molecule has 7 nitrogen and oxygen atoms in total. The summed E-state index contributed by atoms with van der Waals surface area (Å²) in [5, 5.41) is 6.77. The first kappa shape index (κ1) is 14.7. The average molecular weight is 280 g/mol. The van der Waals surface area contributed by atoms with Gasteiger partial charge < -0.3 is 10.1 Å². The Kier molecular flexibility index (Phi) is 4.86. The van der Waals surface area contributed by atoms with Gasteiger partial charge in [-0.2, -0.15) is 5.10 Å². The van der Waals surface area contributed by atoms with Gasteiger partial charge in [-0.25, -0.2) is 4.68 Å². The second-order valence-electron chi connectivity index (χ2n) is 4.89. The van der Waals surface area contributed by atoms with Crippen molar-refractivity contribution in [3.05, 3.63) is 28.2 Å². The maximum absolute atomic E-state index is 12.0. The topological polar surface area (TPSA) is 76.5 Å². The largest absolute Gasteiger partial charge is 0.379 e. The first-order chi connectivity index (χ1) is 9.58. The van der Waals surface area contributed by atoms with Crippen molar-refractivity contribution < 1.29 is 9.53 Å². The van der Waals surface area contributed by atoms with E-state index in [0.29, 0.717) is 6.54 Å². The number of rotatable bonds is 4. The molecular weight excluding hydrogens is 260 g/mol. The molecule has 0 saturated carbocycles. The van der Waals surface area contributed by atoms with Gasteiger partial charge in [-0.15, -0.1) is 0 Å². The average Bonchev–Trinajstić information content (AvgIpc) is 2.48. The highest BCUT2D eigenvalue weighted by Crippen LogP contribution is 2.02. The normalized spacial score (nSPS) is 17.7. The Hall–Kier alpha value is -1.73. The molecule has 1 fully saturated rings. The molecule has 1 atom stereocenters. The van der Waals surface area contributed by atoms with Crippen LogP contribution in [0.1, 0.15) is 17.4 Å². The van der Waals surface area contributed by atoms with Crippen LogP contribution in [0.15, 0.2) is 16.9 Å². The number of aromatic nitrogens is 2. The Morgan fingerprint density at radius 1 is 1.45 bits per heavy atom. The number of nitrogens with one attached hydrogen (secondary N) is 1. The van der Waals surface area contributed by atoms with Crippen molar-refractivity contribution in [3.8, 4) is 0 Å². The molecule has 0 aliphatic carbocycles. The van der Waals surface area contributed by atoms with E-state index in [1.165, 1.54) is 19.2 Å². The number of hydrogen-bond donors (Lipinski definition) is 1. The number of ether oxygens (including phenoxy) is 1. The molecule has 1 aliphatic heterocycles. The lowest BCUT2D eigenvalue weighted by Gasteiger charge is -2.32. The van der Waals surface area contributed by atoms with Crippen LogP contribution in [0.4, 0.5) is 0 Å². The van der Waals surface area contributed by atoms with Gasteiger partial charge in [-0.3, -0.25) is 14.5 Å². The fourth-order valence-electron chi connectivity index (χ4n) is 2.10. The van der Waals surface area contributed by atoms with E-state index in [1.54, 1.807) is 0 Å². The lowest BCUT2D eigenvalue weighted by atomic mass is 10.2. The summed E-state index contributed by atoms with van der Waals surface area (Å²) in [6, 6.07) is 3.03. The number of carbonyl (C=O) groups is 1. The van der Waals surface area contributed by atoms with Gasteiger partial charge in [-0.05, 0) is 13.0 Å². The molecular formula is C13H20N4O3. The lowest BCUT2D eigenvalue weighted by molar-refractivity contribution is 0.0204. The van der Waals surface area contributed by atoms with Crippen LogP contribution in [0.3, 0.4) is 0 Å². The van der Waals surface area contributed by atoms with Crippen LogP contribution in [-0.4, -0.2) is 59.5 Å². The molecule has 1 aromatic heterocycles. The van der Waals surface area contributed by atoms with Crippen molar-refractivity contribution in [3.63, 3.8) is 0 Å². The van der Waals surface area contributed by atoms with Crippen molar-refractivity contribution in [2.75, 3.05) is 32.8 Å². The van der Waals surface area contributed by atoms with Crippen molar-refractivity contribution in [2.45, 2.75) is 13.0 Å². The molecule has 2 heterocycles. The van der Waals surface area contributed by atoms with E-state index < -0.39 is 0 Å². The van der Waals surface area contributed by atoms with Gasteiger partial charge in [0.15, 0.2) is 0 Å². The molecule has 0 aromatic carbocycles. The van der Waals surface area contributed by atoms with Crippen LogP contribution < -0.4 is 10.9 Å². The highest BCUT2D eigenvalue weighted by molar-refractivity contribution is 5.91. The monoisotopic (exact) mass is 280 g/mol. The first-order valence-corrected chi connectivity index (χ1v) is 6.72. The predicted molar refractivity (Wildman–Crippen MR) is 73.7 cm³/mol. The molecule has 110 valence electrons. The van der Waals surface area contributed by atoms with Crippen LogP contribution in [0.2, 0.25) is 0 Å². The van der Waals surface area contributed by atoms with Gasteiger partial charge in [0.1, 0.15) is 5.69 Å². The summed E-state index contributed by atoms with van der Waals surface area (Å²) in [5.41, 5.74) is 0.0181. The third-order valence-corrected chi connectivity index (χ3v) is 3.42. The maximum atomic E-state index is 12.0. The fraction of sp³-hybridized carbons (Fsp3) is 0.615. The highest BCUT2D eigenvalue weighted by atomic mass is 16.5. The number of amides is 1. The predicted octanol–water partition coefficient (Wildman–Crippen LogP) is -0.769. The minimum atomic E-state index is -0.263. The highest BCUT2D eigenvalue weighted by Gasteiger charge is 2.18. The molecule has 0 unspecified atom stereocenters. The van der Waals surface area contributed by atoms with Crippen LogP contribution in [0.25, 0.3) is 0 Å². The Balaban J connectivity index is 1.87. The van der Waals surface area contributed by atoms with Crippen LogP contribution >= 0.6 is 0 Å². The fourth-order valence-corrected chi connectivity index (χ4v) is 2.10. The molecule has 20 heavy (non-hydrogen) atoms. The molecule has 0 bridgehead atoms. The molecule has 1 aromatic rings. The number of hydrogen-bond acceptors (Lipinski definition) is 5. The van der Waals surface area contributed by atoms with Crippen molar-refractivity contribution >= 4 is 5.91 Å². The third kappa shape index (κ3) is 3.64. The van der Waals surface area contributed by atoms with E-state index in [0.717, 1.165) is 31.0 Å². The minimum absolute atomic E-state index is 0.233. The summed E-state index contributed by atoms with van der Waals surface area (Å²) in [5.74, 6) is -0.263. The summed E-state index contributed by atoms with van der Waals surface area (Å²) >= 11 is 0. The van der Waals surface area contributed by atoms with Gasteiger partial charge >= 0.3 is 0 Å². The summed E-state index contributed by atoms with van der Waals surface area (Å²) in [7, 11) is 1.52. The van der Waals surface area contributed by atoms with Crippen LogP contribution in [0, 0.1) is 0 Å². The Labute approximate surface area is 117 Å². The maximum Gasteiger partial charge on any atom is 0.271 e. The van der Waals surface area contributed by atoms with Crippen molar-refractivity contribution in [1.29, 1.82) is 0 Å². The molecule has 1 N–H and O–H groups in total. The third-order valence-electron chi connectivity index (χ3n) is 3.42. The molecule has 1 aliphatic rings. The van der Waals surface area contributed by atoms with Gasteiger partial charge in [0.25, 0.3) is 11.5 Å². The Morgan fingerprint density at radius 2 is 2.15 bits per heavy atom. The van der Waals surface area contributed by atoms with E-state index in [4.69, 9.17) is 4.74 Å². The number of morpholine rings is 1.